The van der Waals surface area contributed by atoms with Gasteiger partial charge in [0.2, 0.25) is 11.8 Å². The Morgan fingerprint density at radius 1 is 1.26 bits per heavy atom. The van der Waals surface area contributed by atoms with Gasteiger partial charge in [-0.1, -0.05) is 20.8 Å². The third-order valence-corrected chi connectivity index (χ3v) is 3.71. The molecule has 2 amide bonds. The van der Waals surface area contributed by atoms with Gasteiger partial charge in [-0.05, 0) is 0 Å². The average molecular weight is 342 g/mol. The summed E-state index contributed by atoms with van der Waals surface area (Å²) in [4.78, 5) is 27.9. The summed E-state index contributed by atoms with van der Waals surface area (Å²) in [7, 11) is 1.65. The Bertz CT molecular complexity index is 511. The van der Waals surface area contributed by atoms with Gasteiger partial charge in [0.1, 0.15) is 0 Å². The monoisotopic (exact) mass is 342 g/mol. The van der Waals surface area contributed by atoms with Gasteiger partial charge in [0, 0.05) is 37.5 Å². The maximum absolute atomic E-state index is 11.9. The topological polar surface area (TPSA) is 92.4 Å². The van der Waals surface area contributed by atoms with Gasteiger partial charge in [0.25, 0.3) is 0 Å². The minimum atomic E-state index is -0.473. The van der Waals surface area contributed by atoms with E-state index in [1.54, 1.807) is 12.5 Å². The number of ether oxygens (including phenoxy) is 1. The first kappa shape index (κ1) is 19.5. The summed E-state index contributed by atoms with van der Waals surface area (Å²) in [6.45, 7) is 8.17. The van der Waals surface area contributed by atoms with Gasteiger partial charge >= 0.3 is 0 Å². The summed E-state index contributed by atoms with van der Waals surface area (Å²) in [6, 6.07) is 0. The number of nitrogens with zero attached hydrogens (tertiary/aromatic N) is 1. The fourth-order valence-electron chi connectivity index (χ4n) is 1.55. The molecule has 23 heavy (non-hydrogen) atoms. The Labute approximate surface area is 141 Å². The zero-order valence-electron chi connectivity index (χ0n) is 14.2. The molecule has 0 saturated carbocycles. The Kier molecular flexibility index (Phi) is 8.15. The lowest BCUT2D eigenvalue weighted by Crippen LogP contribution is -2.33. The van der Waals surface area contributed by atoms with E-state index in [1.165, 1.54) is 11.3 Å². The molecule has 0 saturated heterocycles. The second-order valence-corrected chi connectivity index (χ2v) is 6.98. The molecule has 0 aliphatic heterocycles. The van der Waals surface area contributed by atoms with Crippen LogP contribution in [0.4, 0.5) is 5.13 Å². The fraction of sp³-hybridized carbons (Fsp3) is 0.667. The lowest BCUT2D eigenvalue weighted by molar-refractivity contribution is -0.123. The molecule has 7 nitrogen and oxygen atoms in total. The van der Waals surface area contributed by atoms with Crippen molar-refractivity contribution < 1.29 is 14.3 Å². The van der Waals surface area contributed by atoms with Crippen LogP contribution in [0.15, 0.2) is 5.38 Å². The fourth-order valence-corrected chi connectivity index (χ4v) is 2.25. The van der Waals surface area contributed by atoms with E-state index < -0.39 is 5.41 Å². The summed E-state index contributed by atoms with van der Waals surface area (Å²) in [5, 5.41) is 11.0. The van der Waals surface area contributed by atoms with Crippen molar-refractivity contribution in [2.75, 3.05) is 38.7 Å². The second-order valence-electron chi connectivity index (χ2n) is 6.12. The molecule has 1 aromatic rings. The molecule has 0 fully saturated rings. The zero-order valence-corrected chi connectivity index (χ0v) is 15.0. The highest BCUT2D eigenvalue weighted by atomic mass is 32.1. The highest BCUT2D eigenvalue weighted by Crippen LogP contribution is 2.20. The maximum Gasteiger partial charge on any atom is 0.231 e. The summed E-state index contributed by atoms with van der Waals surface area (Å²) < 4.78 is 4.91. The quantitative estimate of drug-likeness (QED) is 0.583. The summed E-state index contributed by atoms with van der Waals surface area (Å²) >= 11 is 1.32. The number of carbonyl (C=O) groups is 2. The van der Waals surface area contributed by atoms with Gasteiger partial charge in [-0.3, -0.25) is 9.59 Å². The molecule has 130 valence electrons. The molecular weight excluding hydrogens is 316 g/mol. The highest BCUT2D eigenvalue weighted by Gasteiger charge is 2.22. The smallest absolute Gasteiger partial charge is 0.231 e. The maximum atomic E-state index is 11.9. The Morgan fingerprint density at radius 2 is 2.00 bits per heavy atom. The molecule has 0 unspecified atom stereocenters. The lowest BCUT2D eigenvalue weighted by Gasteiger charge is -2.15. The number of methoxy groups -OCH3 is 1. The van der Waals surface area contributed by atoms with Crippen LogP contribution in [0.1, 0.15) is 26.5 Å². The Balaban J connectivity index is 2.30. The number of rotatable bonds is 9. The first-order chi connectivity index (χ1) is 10.8. The van der Waals surface area contributed by atoms with Gasteiger partial charge in [-0.25, -0.2) is 4.98 Å². The molecule has 0 aliphatic carbocycles. The van der Waals surface area contributed by atoms with Crippen molar-refractivity contribution in [1.82, 2.24) is 15.6 Å². The van der Waals surface area contributed by atoms with E-state index in [0.29, 0.717) is 30.5 Å². The number of thiazole rings is 1. The van der Waals surface area contributed by atoms with Gasteiger partial charge in [0.05, 0.1) is 18.7 Å². The molecule has 8 heteroatoms. The Hall–Kier alpha value is -1.51. The van der Waals surface area contributed by atoms with Crippen LogP contribution in [-0.4, -0.2) is 50.1 Å². The first-order valence-electron chi connectivity index (χ1n) is 7.55. The molecule has 1 heterocycles. The number of amides is 2. The minimum absolute atomic E-state index is 0.0856. The van der Waals surface area contributed by atoms with Gasteiger partial charge in [0.15, 0.2) is 5.13 Å². The van der Waals surface area contributed by atoms with Gasteiger partial charge < -0.3 is 20.7 Å². The van der Waals surface area contributed by atoms with Crippen LogP contribution >= 0.6 is 11.3 Å². The lowest BCUT2D eigenvalue weighted by atomic mass is 9.96. The Morgan fingerprint density at radius 3 is 2.65 bits per heavy atom. The number of hydrogen-bond donors (Lipinski definition) is 3. The summed E-state index contributed by atoms with van der Waals surface area (Å²) in [5.41, 5.74) is 0.183. The van der Waals surface area contributed by atoms with Crippen molar-refractivity contribution in [3.8, 4) is 0 Å². The molecule has 3 N–H and O–H groups in total. The normalized spacial score (nSPS) is 11.3. The summed E-state index contributed by atoms with van der Waals surface area (Å²) in [5.74, 6) is -0.178. The van der Waals surface area contributed by atoms with E-state index in [2.05, 4.69) is 20.9 Å². The van der Waals surface area contributed by atoms with Crippen molar-refractivity contribution in [3.63, 3.8) is 0 Å². The largest absolute Gasteiger partial charge is 0.383 e. The first-order valence-corrected chi connectivity index (χ1v) is 8.43. The van der Waals surface area contributed by atoms with Gasteiger partial charge in [-0.2, -0.15) is 0 Å². The van der Waals surface area contributed by atoms with Crippen molar-refractivity contribution >= 4 is 28.3 Å². The van der Waals surface area contributed by atoms with E-state index in [4.69, 9.17) is 4.74 Å². The van der Waals surface area contributed by atoms with E-state index in [1.807, 2.05) is 20.8 Å². The van der Waals surface area contributed by atoms with Crippen molar-refractivity contribution in [1.29, 1.82) is 0 Å². The van der Waals surface area contributed by atoms with Crippen LogP contribution in [0.5, 0.6) is 0 Å². The number of hydrogen-bond acceptors (Lipinski definition) is 6. The predicted molar refractivity (Wildman–Crippen MR) is 91.7 cm³/mol. The number of anilines is 1. The third-order valence-electron chi connectivity index (χ3n) is 2.90. The molecule has 0 bridgehead atoms. The SMILES string of the molecule is COCCNCCNC(=O)Cc1csc(NC(=O)C(C)(C)C)n1. The average Bonchev–Trinajstić information content (AvgIpc) is 2.88. The number of aromatic nitrogens is 1. The summed E-state index contributed by atoms with van der Waals surface area (Å²) in [6.07, 6.45) is 0.208. The molecular formula is C15H26N4O3S. The van der Waals surface area contributed by atoms with E-state index >= 15 is 0 Å². The van der Waals surface area contributed by atoms with Gasteiger partial charge in [-0.15, -0.1) is 11.3 Å². The number of carbonyl (C=O) groups excluding carboxylic acids is 2. The van der Waals surface area contributed by atoms with E-state index in [-0.39, 0.29) is 18.2 Å². The van der Waals surface area contributed by atoms with Crippen LogP contribution < -0.4 is 16.0 Å². The molecule has 1 rings (SSSR count). The van der Waals surface area contributed by atoms with Crippen LogP contribution in [0, 0.1) is 5.41 Å². The van der Waals surface area contributed by atoms with E-state index in [0.717, 1.165) is 6.54 Å². The molecule has 0 atom stereocenters. The number of nitrogens with one attached hydrogen (secondary N) is 3. The van der Waals surface area contributed by atoms with Crippen molar-refractivity contribution in [3.05, 3.63) is 11.1 Å². The highest BCUT2D eigenvalue weighted by molar-refractivity contribution is 7.13. The predicted octanol–water partition coefficient (Wildman–Crippen LogP) is 1.02. The van der Waals surface area contributed by atoms with Crippen molar-refractivity contribution in [2.45, 2.75) is 27.2 Å². The molecule has 0 spiro atoms. The van der Waals surface area contributed by atoms with Crippen LogP contribution in [0.25, 0.3) is 0 Å². The zero-order chi connectivity index (χ0) is 17.3. The molecule has 1 aromatic heterocycles. The second kappa shape index (κ2) is 9.59. The third kappa shape index (κ3) is 8.06. The molecule has 0 aliphatic rings. The molecule has 0 radical (unpaired) electrons. The van der Waals surface area contributed by atoms with Crippen LogP contribution in [0.2, 0.25) is 0 Å². The minimum Gasteiger partial charge on any atom is -0.383 e. The van der Waals surface area contributed by atoms with Crippen LogP contribution in [-0.2, 0) is 20.7 Å². The molecule has 0 aromatic carbocycles. The van der Waals surface area contributed by atoms with E-state index in [9.17, 15) is 9.59 Å². The van der Waals surface area contributed by atoms with Crippen LogP contribution in [0.3, 0.4) is 0 Å². The van der Waals surface area contributed by atoms with Crippen molar-refractivity contribution in [2.24, 2.45) is 5.41 Å². The standard InChI is InChI=1S/C15H26N4O3S/c1-15(2,3)13(21)19-14-18-11(10-23-14)9-12(20)17-6-5-16-7-8-22-4/h10,16H,5-9H2,1-4H3,(H,17,20)(H,18,19,21).